The lowest BCUT2D eigenvalue weighted by molar-refractivity contribution is -0.173. The number of nitrogens with two attached hydrogens (primary N) is 1. The number of rotatable bonds is 6. The molecule has 34 heavy (non-hydrogen) atoms. The number of fused-ring (bicyclic) bond motifs is 5. The van der Waals surface area contributed by atoms with E-state index in [4.69, 9.17) is 5.73 Å². The molecule has 2 amide bonds. The van der Waals surface area contributed by atoms with Crippen LogP contribution in [0, 0.1) is 51.8 Å². The number of halogens is 2. The topological polar surface area (TPSA) is 63.4 Å². The fraction of sp³-hybridized carbons (Fsp3) is 0.929. The van der Waals surface area contributed by atoms with Gasteiger partial charge in [-0.25, -0.2) is 8.78 Å². The molecule has 0 aromatic rings. The van der Waals surface area contributed by atoms with E-state index < -0.39 is 23.7 Å². The molecule has 9 atom stereocenters. The van der Waals surface area contributed by atoms with Crippen molar-refractivity contribution in [2.24, 2.45) is 57.5 Å². The fourth-order valence-corrected chi connectivity index (χ4v) is 9.97. The SMILES string of the molecule is CC(C)CC(C(C)C(F)F)C1(C(N)=O)CC[C@H]2[C@@H]3CCC4N(C)C(=O)CC[C@]4(C)[C@@H]3CC[C@@]21C. The zero-order valence-corrected chi connectivity index (χ0v) is 22.1. The molecule has 0 aromatic heterocycles. The summed E-state index contributed by atoms with van der Waals surface area (Å²) >= 11 is 0. The summed E-state index contributed by atoms with van der Waals surface area (Å²) in [6.07, 6.45) is 5.16. The first-order valence-electron chi connectivity index (χ1n) is 13.6. The molecule has 1 aliphatic heterocycles. The van der Waals surface area contributed by atoms with E-state index in [1.807, 2.05) is 11.9 Å². The summed E-state index contributed by atoms with van der Waals surface area (Å²) in [6.45, 7) is 10.4. The quantitative estimate of drug-likeness (QED) is 0.516. The van der Waals surface area contributed by atoms with Crippen LogP contribution in [-0.4, -0.2) is 36.2 Å². The van der Waals surface area contributed by atoms with Gasteiger partial charge in [-0.1, -0.05) is 34.6 Å². The van der Waals surface area contributed by atoms with E-state index in [0.717, 1.165) is 38.5 Å². The first-order chi connectivity index (χ1) is 15.8. The predicted molar refractivity (Wildman–Crippen MR) is 130 cm³/mol. The number of nitrogens with zero attached hydrogens (tertiary/aromatic N) is 1. The fourth-order valence-electron chi connectivity index (χ4n) is 9.97. The summed E-state index contributed by atoms with van der Waals surface area (Å²) in [5, 5.41) is 0. The van der Waals surface area contributed by atoms with E-state index in [1.54, 1.807) is 6.92 Å². The Labute approximate surface area is 204 Å². The summed E-state index contributed by atoms with van der Waals surface area (Å²) in [4.78, 5) is 27.8. The molecule has 4 nitrogen and oxygen atoms in total. The highest BCUT2D eigenvalue weighted by atomic mass is 19.3. The Balaban J connectivity index is 1.72. The highest BCUT2D eigenvalue weighted by Gasteiger charge is 2.69. The summed E-state index contributed by atoms with van der Waals surface area (Å²) in [6, 6.07) is 0.286. The normalized spacial score (nSPS) is 43.9. The van der Waals surface area contributed by atoms with Crippen LogP contribution in [0.25, 0.3) is 0 Å². The second kappa shape index (κ2) is 8.73. The monoisotopic (exact) mass is 480 g/mol. The average Bonchev–Trinajstić information content (AvgIpc) is 3.08. The number of likely N-dealkylation sites (tertiary alicyclic amines) is 1. The molecule has 1 heterocycles. The number of carbonyl (C=O) groups is 2. The number of primary amides is 1. The summed E-state index contributed by atoms with van der Waals surface area (Å²) in [7, 11) is 1.97. The standard InChI is InChI=1S/C28H46F2N2O2/c1-16(2)15-21(17(3)24(29)30)28(25(31)34)14-10-20-18-7-8-22-26(4,12-11-23(33)32(22)6)19(18)9-13-27(20,28)5/h16-22,24H,7-15H2,1-6H3,(H2,31,34)/t17?,18-,19-,20+,21?,22?,26-,27+,28?/m1/s1. The smallest absolute Gasteiger partial charge is 0.241 e. The number of hydrogen-bond donors (Lipinski definition) is 1. The third-order valence-electron chi connectivity index (χ3n) is 11.6. The van der Waals surface area contributed by atoms with Crippen LogP contribution in [-0.2, 0) is 9.59 Å². The minimum Gasteiger partial charge on any atom is -0.369 e. The van der Waals surface area contributed by atoms with E-state index in [9.17, 15) is 18.4 Å². The third-order valence-corrected chi connectivity index (χ3v) is 11.6. The van der Waals surface area contributed by atoms with Gasteiger partial charge < -0.3 is 10.6 Å². The van der Waals surface area contributed by atoms with Crippen molar-refractivity contribution in [3.8, 4) is 0 Å². The Bertz CT molecular complexity index is 818. The van der Waals surface area contributed by atoms with Crippen LogP contribution in [0.15, 0.2) is 0 Å². The van der Waals surface area contributed by atoms with E-state index in [0.29, 0.717) is 37.0 Å². The van der Waals surface area contributed by atoms with E-state index in [1.165, 1.54) is 0 Å². The Morgan fingerprint density at radius 1 is 1.06 bits per heavy atom. The first-order valence-corrected chi connectivity index (χ1v) is 13.6. The third kappa shape index (κ3) is 3.47. The minimum atomic E-state index is -2.45. The van der Waals surface area contributed by atoms with E-state index in [2.05, 4.69) is 27.7 Å². The maximum absolute atomic E-state index is 14.2. The van der Waals surface area contributed by atoms with Crippen LogP contribution in [0.3, 0.4) is 0 Å². The molecule has 194 valence electrons. The van der Waals surface area contributed by atoms with Gasteiger partial charge in [0.15, 0.2) is 0 Å². The number of alkyl halides is 2. The van der Waals surface area contributed by atoms with Gasteiger partial charge in [0.25, 0.3) is 0 Å². The molecular weight excluding hydrogens is 434 g/mol. The maximum Gasteiger partial charge on any atom is 0.241 e. The highest BCUT2D eigenvalue weighted by molar-refractivity contribution is 5.83. The molecule has 1 saturated heterocycles. The molecule has 3 saturated carbocycles. The maximum atomic E-state index is 14.2. The van der Waals surface area contributed by atoms with Crippen molar-refractivity contribution in [2.45, 2.75) is 105 Å². The second-order valence-electron chi connectivity index (χ2n) is 13.2. The van der Waals surface area contributed by atoms with Crippen LogP contribution in [0.4, 0.5) is 8.78 Å². The van der Waals surface area contributed by atoms with Gasteiger partial charge in [-0.3, -0.25) is 9.59 Å². The molecule has 0 aromatic carbocycles. The molecule has 4 unspecified atom stereocenters. The first kappa shape index (κ1) is 25.9. The molecule has 4 fully saturated rings. The molecule has 4 aliphatic rings. The van der Waals surface area contributed by atoms with Crippen LogP contribution in [0.1, 0.15) is 92.4 Å². The summed E-state index contributed by atoms with van der Waals surface area (Å²) < 4.78 is 28.3. The van der Waals surface area contributed by atoms with E-state index in [-0.39, 0.29) is 34.6 Å². The number of amides is 2. The lowest BCUT2D eigenvalue weighted by Gasteiger charge is -2.63. The van der Waals surface area contributed by atoms with Crippen molar-refractivity contribution >= 4 is 11.8 Å². The van der Waals surface area contributed by atoms with Crippen LogP contribution < -0.4 is 5.73 Å². The van der Waals surface area contributed by atoms with Crippen molar-refractivity contribution < 1.29 is 18.4 Å². The zero-order chi connectivity index (χ0) is 25.2. The van der Waals surface area contributed by atoms with Crippen LogP contribution >= 0.6 is 0 Å². The predicted octanol–water partition coefficient (Wildman–Crippen LogP) is 5.89. The molecule has 0 radical (unpaired) electrons. The highest BCUT2D eigenvalue weighted by Crippen LogP contribution is 2.72. The molecule has 3 aliphatic carbocycles. The Hall–Kier alpha value is -1.20. The largest absolute Gasteiger partial charge is 0.369 e. The molecular formula is C28H46F2N2O2. The van der Waals surface area contributed by atoms with E-state index >= 15 is 0 Å². The minimum absolute atomic E-state index is 0.0957. The van der Waals surface area contributed by atoms with Crippen molar-refractivity contribution in [1.29, 1.82) is 0 Å². The Morgan fingerprint density at radius 3 is 2.29 bits per heavy atom. The number of hydrogen-bond acceptors (Lipinski definition) is 2. The Kier molecular flexibility index (Phi) is 6.64. The lowest BCUT2D eigenvalue weighted by Crippen LogP contribution is -2.63. The van der Waals surface area contributed by atoms with Gasteiger partial charge >= 0.3 is 0 Å². The molecule has 2 N–H and O–H groups in total. The second-order valence-corrected chi connectivity index (χ2v) is 13.2. The van der Waals surface area contributed by atoms with Gasteiger partial charge in [0.1, 0.15) is 0 Å². The van der Waals surface area contributed by atoms with Crippen molar-refractivity contribution in [1.82, 2.24) is 4.90 Å². The van der Waals surface area contributed by atoms with Gasteiger partial charge in [-0.15, -0.1) is 0 Å². The van der Waals surface area contributed by atoms with Gasteiger partial charge in [0.05, 0.1) is 5.41 Å². The zero-order valence-electron chi connectivity index (χ0n) is 22.1. The molecule has 6 heteroatoms. The molecule has 0 bridgehead atoms. The summed E-state index contributed by atoms with van der Waals surface area (Å²) in [5.74, 6) is 0.204. The average molecular weight is 481 g/mol. The number of piperidine rings is 1. The van der Waals surface area contributed by atoms with Crippen LogP contribution in [0.5, 0.6) is 0 Å². The van der Waals surface area contributed by atoms with Gasteiger partial charge in [-0.05, 0) is 91.8 Å². The van der Waals surface area contributed by atoms with Gasteiger partial charge in [0.2, 0.25) is 18.2 Å². The summed E-state index contributed by atoms with van der Waals surface area (Å²) in [5.41, 5.74) is 5.12. The number of carbonyl (C=O) groups excluding carboxylic acids is 2. The van der Waals surface area contributed by atoms with Crippen LogP contribution in [0.2, 0.25) is 0 Å². The van der Waals surface area contributed by atoms with Crippen molar-refractivity contribution in [3.05, 3.63) is 0 Å². The molecule has 4 rings (SSSR count). The Morgan fingerprint density at radius 2 is 1.71 bits per heavy atom. The van der Waals surface area contributed by atoms with Gasteiger partial charge in [-0.2, -0.15) is 0 Å². The van der Waals surface area contributed by atoms with Gasteiger partial charge in [0, 0.05) is 25.4 Å². The lowest BCUT2D eigenvalue weighted by atomic mass is 9.43. The van der Waals surface area contributed by atoms with Crippen molar-refractivity contribution in [3.63, 3.8) is 0 Å². The van der Waals surface area contributed by atoms with Crippen molar-refractivity contribution in [2.75, 3.05) is 7.05 Å². The molecule has 0 spiro atoms.